The Morgan fingerprint density at radius 2 is 0.593 bits per heavy atom. The molecule has 0 aromatic rings. The van der Waals surface area contributed by atoms with Gasteiger partial charge in [0.1, 0.15) is 0 Å². The molecule has 12 saturated carbocycles. The summed E-state index contributed by atoms with van der Waals surface area (Å²) in [6.45, 7) is 0. The Hall–Kier alpha value is -0.0400. The Morgan fingerprint density at radius 1 is 0.186 bits per heavy atom. The van der Waals surface area contributed by atoms with Crippen LogP contribution in [0.25, 0.3) is 0 Å². The second-order valence-electron chi connectivity index (χ2n) is 26.2. The molecule has 59 heavy (non-hydrogen) atoms. The summed E-state index contributed by atoms with van der Waals surface area (Å²) in [5.74, 6) is 20.1. The molecule has 332 valence electrons. The van der Waals surface area contributed by atoms with E-state index in [1.54, 1.807) is 231 Å². The minimum absolute atomic E-state index is 0.929. The number of fused-ring (bicyclic) bond motifs is 8. The molecule has 0 heterocycles. The Bertz CT molecular complexity index is 1350. The van der Waals surface area contributed by atoms with Crippen LogP contribution in [0.1, 0.15) is 238 Å². The van der Waals surface area contributed by atoms with E-state index in [1.165, 1.54) is 6.42 Å². The number of hydrogen-bond donors (Lipinski definition) is 0. The molecule has 0 aliphatic heterocycles. The van der Waals surface area contributed by atoms with E-state index in [2.05, 4.69) is 4.90 Å². The van der Waals surface area contributed by atoms with Gasteiger partial charge in [0, 0.05) is 18.1 Å². The standard InChI is InChI=1S/C58H95N/c1-2-12-38(13-3-1)39-22-26-48(27-23-39)59(49-28-24-40(25-29-49)56-37-44-17-6-8-18-51(44)54-20-10-11-21-55(54)56)50-30-31-53-45(36-50)35-47-34-43-16-7-9-19-52(43)57(58(47)53)46-32-41-14-4-5-15-42(41)33-46/h38-58H,1-37H2. The smallest absolute Gasteiger partial charge is 0.0104 e. The molecular formula is C58H95N. The van der Waals surface area contributed by atoms with Crippen LogP contribution in [0.5, 0.6) is 0 Å². The summed E-state index contributed by atoms with van der Waals surface area (Å²) in [5, 5.41) is 0. The highest BCUT2D eigenvalue weighted by Crippen LogP contribution is 2.66. The maximum atomic E-state index is 3.46. The maximum absolute atomic E-state index is 3.46. The van der Waals surface area contributed by atoms with Crippen LogP contribution in [0.15, 0.2) is 0 Å². The van der Waals surface area contributed by atoms with Gasteiger partial charge in [0.2, 0.25) is 0 Å². The summed E-state index contributed by atoms with van der Waals surface area (Å²) in [4.78, 5) is 3.46. The van der Waals surface area contributed by atoms with Crippen molar-refractivity contribution in [3.63, 3.8) is 0 Å². The summed E-state index contributed by atoms with van der Waals surface area (Å²) < 4.78 is 0. The lowest BCUT2D eigenvalue weighted by atomic mass is 9.51. The van der Waals surface area contributed by atoms with Gasteiger partial charge in [-0.15, -0.1) is 0 Å². The van der Waals surface area contributed by atoms with Crippen LogP contribution in [-0.2, 0) is 0 Å². The number of nitrogens with zero attached hydrogens (tertiary/aromatic N) is 1. The fourth-order valence-electron chi connectivity index (χ4n) is 22.1. The van der Waals surface area contributed by atoms with Crippen molar-refractivity contribution < 1.29 is 0 Å². The average Bonchev–Trinajstić information content (AvgIpc) is 3.90. The SMILES string of the molecule is C1CCC(C2CCC(N(C3CCC(C4CC5CCCCC5C5CCCCC45)CC3)C3CCC4C(CC5CC6CCCCC6C(C6CC7CCCCC7C6)C54)C3)CC2)CC1. The predicted octanol–water partition coefficient (Wildman–Crippen LogP) is 16.1. The Labute approximate surface area is 365 Å². The van der Waals surface area contributed by atoms with Crippen molar-refractivity contribution in [3.8, 4) is 0 Å². The monoisotopic (exact) mass is 806 g/mol. The molecule has 0 saturated heterocycles. The molecule has 0 amide bonds. The van der Waals surface area contributed by atoms with E-state index in [1.807, 2.05) is 0 Å². The fraction of sp³-hybridized carbons (Fsp3) is 1.00. The first kappa shape index (κ1) is 40.5. The van der Waals surface area contributed by atoms with Gasteiger partial charge in [-0.05, 0) is 235 Å². The molecule has 0 radical (unpaired) electrons. The van der Waals surface area contributed by atoms with E-state index in [-0.39, 0.29) is 0 Å². The Morgan fingerprint density at radius 3 is 1.24 bits per heavy atom. The summed E-state index contributed by atoms with van der Waals surface area (Å²) in [6.07, 6.45) is 59.1. The summed E-state index contributed by atoms with van der Waals surface area (Å²) >= 11 is 0. The third kappa shape index (κ3) is 7.76. The first-order chi connectivity index (χ1) is 29.2. The quantitative estimate of drug-likeness (QED) is 0.258. The van der Waals surface area contributed by atoms with Crippen LogP contribution >= 0.6 is 0 Å². The normalized spacial score (nSPS) is 53.0. The molecule has 0 spiro atoms. The van der Waals surface area contributed by atoms with Gasteiger partial charge in [-0.25, -0.2) is 0 Å². The van der Waals surface area contributed by atoms with Crippen molar-refractivity contribution in [2.45, 2.75) is 256 Å². The largest absolute Gasteiger partial charge is 0.294 e. The Kier molecular flexibility index (Phi) is 12.2. The van der Waals surface area contributed by atoms with Crippen molar-refractivity contribution in [2.75, 3.05) is 0 Å². The van der Waals surface area contributed by atoms with Crippen molar-refractivity contribution in [3.05, 3.63) is 0 Å². The molecule has 0 aromatic heterocycles. The molecule has 12 aliphatic carbocycles. The van der Waals surface area contributed by atoms with Crippen LogP contribution in [-0.4, -0.2) is 23.0 Å². The molecule has 1 heteroatoms. The van der Waals surface area contributed by atoms with Gasteiger partial charge in [0.25, 0.3) is 0 Å². The highest BCUT2D eigenvalue weighted by molar-refractivity contribution is 5.08. The molecule has 12 aliphatic rings. The van der Waals surface area contributed by atoms with E-state index in [0.29, 0.717) is 0 Å². The van der Waals surface area contributed by atoms with Gasteiger partial charge in [0.05, 0.1) is 0 Å². The Balaban J connectivity index is 0.766. The van der Waals surface area contributed by atoms with Gasteiger partial charge in [-0.1, -0.05) is 109 Å². The average molecular weight is 806 g/mol. The lowest BCUT2D eigenvalue weighted by Gasteiger charge is -2.55. The highest BCUT2D eigenvalue weighted by atomic mass is 15.2. The second-order valence-corrected chi connectivity index (χ2v) is 26.2. The van der Waals surface area contributed by atoms with Gasteiger partial charge >= 0.3 is 0 Å². The third-order valence-corrected chi connectivity index (χ3v) is 24.2. The van der Waals surface area contributed by atoms with E-state index in [9.17, 15) is 0 Å². The predicted molar refractivity (Wildman–Crippen MR) is 247 cm³/mol. The van der Waals surface area contributed by atoms with Crippen molar-refractivity contribution in [2.24, 2.45) is 107 Å². The molecule has 12 fully saturated rings. The summed E-state index contributed by atoms with van der Waals surface area (Å²) in [7, 11) is 0. The van der Waals surface area contributed by atoms with Crippen LogP contribution in [0, 0.1) is 107 Å². The van der Waals surface area contributed by atoms with Crippen molar-refractivity contribution >= 4 is 0 Å². The van der Waals surface area contributed by atoms with Gasteiger partial charge in [-0.3, -0.25) is 4.90 Å². The number of rotatable bonds is 6. The van der Waals surface area contributed by atoms with E-state index in [0.717, 1.165) is 125 Å². The highest BCUT2D eigenvalue weighted by Gasteiger charge is 2.58. The lowest BCUT2D eigenvalue weighted by molar-refractivity contribution is -0.0588. The van der Waals surface area contributed by atoms with Crippen LogP contribution in [0.2, 0.25) is 0 Å². The third-order valence-electron chi connectivity index (χ3n) is 24.2. The molecule has 15 atom stereocenters. The second kappa shape index (κ2) is 17.7. The molecule has 15 unspecified atom stereocenters. The van der Waals surface area contributed by atoms with Crippen molar-refractivity contribution in [1.29, 1.82) is 0 Å². The van der Waals surface area contributed by atoms with E-state index in [4.69, 9.17) is 0 Å². The summed E-state index contributed by atoms with van der Waals surface area (Å²) in [6, 6.07) is 2.79. The molecule has 0 aromatic carbocycles. The zero-order chi connectivity index (χ0) is 38.9. The first-order valence-electron chi connectivity index (χ1n) is 29.0. The number of hydrogen-bond acceptors (Lipinski definition) is 1. The van der Waals surface area contributed by atoms with E-state index >= 15 is 0 Å². The minimum Gasteiger partial charge on any atom is -0.294 e. The maximum Gasteiger partial charge on any atom is 0.0104 e. The van der Waals surface area contributed by atoms with Crippen LogP contribution in [0.3, 0.4) is 0 Å². The van der Waals surface area contributed by atoms with Crippen LogP contribution < -0.4 is 0 Å². The molecule has 12 rings (SSSR count). The van der Waals surface area contributed by atoms with Gasteiger partial charge in [0.15, 0.2) is 0 Å². The molecule has 0 N–H and O–H groups in total. The van der Waals surface area contributed by atoms with Crippen molar-refractivity contribution in [1.82, 2.24) is 4.90 Å². The fourth-order valence-corrected chi connectivity index (χ4v) is 22.1. The topological polar surface area (TPSA) is 3.24 Å². The zero-order valence-corrected chi connectivity index (χ0v) is 38.7. The van der Waals surface area contributed by atoms with E-state index < -0.39 is 0 Å². The minimum atomic E-state index is 0.929. The van der Waals surface area contributed by atoms with Gasteiger partial charge in [-0.2, -0.15) is 0 Å². The van der Waals surface area contributed by atoms with Crippen LogP contribution in [0.4, 0.5) is 0 Å². The summed E-state index contributed by atoms with van der Waals surface area (Å²) in [5.41, 5.74) is 0. The first-order valence-corrected chi connectivity index (χ1v) is 29.0. The molecular weight excluding hydrogens is 711 g/mol. The zero-order valence-electron chi connectivity index (χ0n) is 38.7. The van der Waals surface area contributed by atoms with Gasteiger partial charge < -0.3 is 0 Å². The lowest BCUT2D eigenvalue weighted by Crippen LogP contribution is -2.54. The molecule has 0 bridgehead atoms. The molecule has 1 nitrogen and oxygen atoms in total.